The van der Waals surface area contributed by atoms with Crippen LogP contribution in [0, 0.1) is 6.92 Å². The molecule has 6 heteroatoms. The maximum Gasteiger partial charge on any atom is 0.335 e. The van der Waals surface area contributed by atoms with Crippen LogP contribution in [0.25, 0.3) is 0 Å². The molecule has 2 aromatic rings. The number of carboxylic acids is 1. The highest BCUT2D eigenvalue weighted by Crippen LogP contribution is 2.38. The fourth-order valence-corrected chi connectivity index (χ4v) is 2.38. The number of methoxy groups -OCH3 is 3. The molecule has 0 aliphatic rings. The van der Waals surface area contributed by atoms with Gasteiger partial charge in [0, 0.05) is 12.2 Å². The van der Waals surface area contributed by atoms with Crippen molar-refractivity contribution in [2.24, 2.45) is 0 Å². The highest BCUT2D eigenvalue weighted by Gasteiger charge is 2.13. The highest BCUT2D eigenvalue weighted by molar-refractivity contribution is 5.89. The van der Waals surface area contributed by atoms with Gasteiger partial charge in [0.15, 0.2) is 11.5 Å². The van der Waals surface area contributed by atoms with Crippen LogP contribution in [0.1, 0.15) is 21.5 Å². The van der Waals surface area contributed by atoms with Crippen LogP contribution in [0.3, 0.4) is 0 Å². The van der Waals surface area contributed by atoms with Gasteiger partial charge in [-0.15, -0.1) is 0 Å². The number of anilines is 1. The van der Waals surface area contributed by atoms with Gasteiger partial charge in [-0.05, 0) is 42.3 Å². The van der Waals surface area contributed by atoms with E-state index in [1.807, 2.05) is 19.1 Å². The first-order chi connectivity index (χ1) is 11.5. The second kappa shape index (κ2) is 7.59. The molecule has 0 aromatic heterocycles. The van der Waals surface area contributed by atoms with E-state index in [-0.39, 0.29) is 5.56 Å². The van der Waals surface area contributed by atoms with Gasteiger partial charge in [-0.2, -0.15) is 0 Å². The number of nitrogens with one attached hydrogen (secondary N) is 1. The van der Waals surface area contributed by atoms with Crippen LogP contribution in [0.4, 0.5) is 5.69 Å². The van der Waals surface area contributed by atoms with E-state index in [2.05, 4.69) is 5.32 Å². The Balaban J connectivity index is 2.26. The van der Waals surface area contributed by atoms with Crippen LogP contribution in [-0.2, 0) is 6.54 Å². The number of ether oxygens (including phenoxy) is 3. The fourth-order valence-electron chi connectivity index (χ4n) is 2.38. The summed E-state index contributed by atoms with van der Waals surface area (Å²) in [5.74, 6) is 0.730. The van der Waals surface area contributed by atoms with Crippen molar-refractivity contribution in [3.8, 4) is 17.2 Å². The molecule has 0 heterocycles. The van der Waals surface area contributed by atoms with Crippen LogP contribution in [0.15, 0.2) is 30.3 Å². The zero-order valence-corrected chi connectivity index (χ0v) is 14.2. The maximum absolute atomic E-state index is 11.1. The Labute approximate surface area is 141 Å². The Bertz CT molecular complexity index is 717. The molecular weight excluding hydrogens is 310 g/mol. The molecule has 2 aromatic carbocycles. The fraction of sp³-hybridized carbons (Fsp3) is 0.278. The summed E-state index contributed by atoms with van der Waals surface area (Å²) in [7, 11) is 4.68. The van der Waals surface area contributed by atoms with E-state index in [4.69, 9.17) is 19.3 Å². The van der Waals surface area contributed by atoms with Gasteiger partial charge in [-0.1, -0.05) is 6.07 Å². The lowest BCUT2D eigenvalue weighted by atomic mass is 10.1. The summed E-state index contributed by atoms with van der Waals surface area (Å²) >= 11 is 0. The second-order valence-corrected chi connectivity index (χ2v) is 5.22. The molecule has 2 rings (SSSR count). The number of rotatable bonds is 7. The van der Waals surface area contributed by atoms with Crippen LogP contribution in [0.5, 0.6) is 17.2 Å². The lowest BCUT2D eigenvalue weighted by Crippen LogP contribution is -2.05. The third-order valence-corrected chi connectivity index (χ3v) is 3.69. The normalized spacial score (nSPS) is 10.2. The number of hydrogen-bond donors (Lipinski definition) is 2. The second-order valence-electron chi connectivity index (χ2n) is 5.22. The van der Waals surface area contributed by atoms with Crippen molar-refractivity contribution >= 4 is 11.7 Å². The minimum Gasteiger partial charge on any atom is -0.493 e. The zero-order valence-electron chi connectivity index (χ0n) is 14.2. The van der Waals surface area contributed by atoms with E-state index in [1.54, 1.807) is 39.5 Å². The third-order valence-electron chi connectivity index (χ3n) is 3.69. The Morgan fingerprint density at radius 3 is 2.17 bits per heavy atom. The van der Waals surface area contributed by atoms with Crippen LogP contribution < -0.4 is 19.5 Å². The summed E-state index contributed by atoms with van der Waals surface area (Å²) < 4.78 is 16.0. The molecule has 128 valence electrons. The number of carbonyl (C=O) groups is 1. The Morgan fingerprint density at radius 2 is 1.67 bits per heavy atom. The zero-order chi connectivity index (χ0) is 17.7. The number of benzene rings is 2. The monoisotopic (exact) mass is 331 g/mol. The minimum absolute atomic E-state index is 0.244. The van der Waals surface area contributed by atoms with Crippen molar-refractivity contribution in [3.63, 3.8) is 0 Å². The number of carboxylic acid groups (broad SMARTS) is 1. The molecule has 2 N–H and O–H groups in total. The molecule has 0 aliphatic carbocycles. The smallest absolute Gasteiger partial charge is 0.335 e. The molecule has 0 atom stereocenters. The summed E-state index contributed by atoms with van der Waals surface area (Å²) in [6.07, 6.45) is 0. The Morgan fingerprint density at radius 1 is 1.04 bits per heavy atom. The van der Waals surface area contributed by atoms with Crippen molar-refractivity contribution in [2.75, 3.05) is 26.6 Å². The molecule has 0 fully saturated rings. The highest BCUT2D eigenvalue weighted by atomic mass is 16.5. The topological polar surface area (TPSA) is 77.0 Å². The van der Waals surface area contributed by atoms with Crippen LogP contribution in [-0.4, -0.2) is 32.4 Å². The lowest BCUT2D eigenvalue weighted by Gasteiger charge is -2.15. The van der Waals surface area contributed by atoms with E-state index < -0.39 is 5.97 Å². The summed E-state index contributed by atoms with van der Waals surface area (Å²) in [6, 6.07) is 8.69. The number of aryl methyl sites for hydroxylation is 1. The first-order valence-electron chi connectivity index (χ1n) is 7.36. The van der Waals surface area contributed by atoms with Gasteiger partial charge >= 0.3 is 5.97 Å². The minimum atomic E-state index is -0.953. The van der Waals surface area contributed by atoms with Gasteiger partial charge in [0.05, 0.1) is 26.9 Å². The molecule has 0 radical (unpaired) electrons. The Hall–Kier alpha value is -2.89. The average Bonchev–Trinajstić information content (AvgIpc) is 2.59. The SMILES string of the molecule is COc1cc(CNc2cc(C(=O)O)ccc2C)cc(OC)c1OC. The molecule has 0 spiro atoms. The summed E-state index contributed by atoms with van der Waals surface area (Å²) in [5, 5.41) is 12.4. The molecule has 0 saturated heterocycles. The number of aromatic carboxylic acids is 1. The van der Waals surface area contributed by atoms with Gasteiger partial charge < -0.3 is 24.6 Å². The molecule has 0 saturated carbocycles. The first-order valence-corrected chi connectivity index (χ1v) is 7.36. The lowest BCUT2D eigenvalue weighted by molar-refractivity contribution is 0.0697. The van der Waals surface area contributed by atoms with Crippen molar-refractivity contribution in [1.29, 1.82) is 0 Å². The maximum atomic E-state index is 11.1. The predicted octanol–water partition coefficient (Wildman–Crippen LogP) is 3.33. The van der Waals surface area contributed by atoms with Crippen molar-refractivity contribution in [2.45, 2.75) is 13.5 Å². The quantitative estimate of drug-likeness (QED) is 0.810. The molecule has 0 bridgehead atoms. The standard InChI is InChI=1S/C18H21NO5/c1-11-5-6-13(18(20)21)9-14(11)19-10-12-7-15(22-2)17(24-4)16(8-12)23-3/h5-9,19H,10H2,1-4H3,(H,20,21). The number of hydrogen-bond acceptors (Lipinski definition) is 5. The third kappa shape index (κ3) is 3.71. The largest absolute Gasteiger partial charge is 0.493 e. The van der Waals surface area contributed by atoms with Crippen LogP contribution >= 0.6 is 0 Å². The van der Waals surface area contributed by atoms with E-state index >= 15 is 0 Å². The molecule has 0 aliphatic heterocycles. The molecule has 0 amide bonds. The summed E-state index contributed by atoms with van der Waals surface area (Å²) in [6.45, 7) is 2.41. The first kappa shape index (κ1) is 17.5. The average molecular weight is 331 g/mol. The van der Waals surface area contributed by atoms with Crippen LogP contribution in [0.2, 0.25) is 0 Å². The van der Waals surface area contributed by atoms with Gasteiger partial charge in [0.25, 0.3) is 0 Å². The van der Waals surface area contributed by atoms with Gasteiger partial charge in [0.2, 0.25) is 5.75 Å². The van der Waals surface area contributed by atoms with E-state index in [1.165, 1.54) is 0 Å². The molecular formula is C18H21NO5. The van der Waals surface area contributed by atoms with E-state index in [0.29, 0.717) is 23.8 Å². The van der Waals surface area contributed by atoms with Crippen molar-refractivity contribution in [3.05, 3.63) is 47.0 Å². The summed E-state index contributed by atoms with van der Waals surface area (Å²) in [4.78, 5) is 11.1. The van der Waals surface area contributed by atoms with Crippen molar-refractivity contribution < 1.29 is 24.1 Å². The molecule has 24 heavy (non-hydrogen) atoms. The van der Waals surface area contributed by atoms with Gasteiger partial charge in [-0.3, -0.25) is 0 Å². The van der Waals surface area contributed by atoms with E-state index in [9.17, 15) is 4.79 Å². The molecule has 0 unspecified atom stereocenters. The summed E-state index contributed by atoms with van der Waals surface area (Å²) in [5.41, 5.74) is 2.90. The van der Waals surface area contributed by atoms with Gasteiger partial charge in [0.1, 0.15) is 0 Å². The Kier molecular flexibility index (Phi) is 5.52. The predicted molar refractivity (Wildman–Crippen MR) is 91.6 cm³/mol. The van der Waals surface area contributed by atoms with Crippen molar-refractivity contribution in [1.82, 2.24) is 0 Å². The van der Waals surface area contributed by atoms with E-state index in [0.717, 1.165) is 16.8 Å². The molecule has 6 nitrogen and oxygen atoms in total. The van der Waals surface area contributed by atoms with Gasteiger partial charge in [-0.25, -0.2) is 4.79 Å².